The van der Waals surface area contributed by atoms with Crippen molar-refractivity contribution < 1.29 is 4.42 Å². The van der Waals surface area contributed by atoms with Crippen LogP contribution in [0.5, 0.6) is 0 Å². The van der Waals surface area contributed by atoms with E-state index in [0.717, 1.165) is 0 Å². The van der Waals surface area contributed by atoms with Gasteiger partial charge in [0.1, 0.15) is 5.69 Å². The molecule has 0 radical (unpaired) electrons. The number of furan rings is 1. The van der Waals surface area contributed by atoms with Gasteiger partial charge in [-0.3, -0.25) is 4.79 Å². The van der Waals surface area contributed by atoms with E-state index in [1.807, 2.05) is 5.38 Å². The van der Waals surface area contributed by atoms with Crippen molar-refractivity contribution >= 4 is 11.3 Å². The standard InChI is InChI=1S/C11H7N3O2S/c15-9-6-7(8-2-1-4-16-8)13-10(14-9)11-12-3-5-17-11/h1-6H,(H,13,14,15). The number of hydrogen-bond acceptors (Lipinski definition) is 5. The van der Waals surface area contributed by atoms with E-state index in [9.17, 15) is 4.79 Å². The van der Waals surface area contributed by atoms with Gasteiger partial charge in [-0.05, 0) is 12.1 Å². The van der Waals surface area contributed by atoms with E-state index in [1.54, 1.807) is 24.6 Å². The van der Waals surface area contributed by atoms with E-state index in [4.69, 9.17) is 4.42 Å². The summed E-state index contributed by atoms with van der Waals surface area (Å²) in [5, 5.41) is 2.50. The summed E-state index contributed by atoms with van der Waals surface area (Å²) >= 11 is 1.42. The molecule has 5 nitrogen and oxygen atoms in total. The Morgan fingerprint density at radius 3 is 3.06 bits per heavy atom. The normalized spacial score (nSPS) is 10.6. The lowest BCUT2D eigenvalue weighted by molar-refractivity contribution is 0.580. The highest BCUT2D eigenvalue weighted by atomic mass is 32.1. The van der Waals surface area contributed by atoms with Crippen LogP contribution in [-0.4, -0.2) is 15.0 Å². The van der Waals surface area contributed by atoms with Crippen molar-refractivity contribution in [1.82, 2.24) is 15.0 Å². The van der Waals surface area contributed by atoms with Crippen LogP contribution < -0.4 is 5.56 Å². The highest BCUT2D eigenvalue weighted by Gasteiger charge is 2.09. The molecule has 17 heavy (non-hydrogen) atoms. The number of H-pyrrole nitrogens is 1. The average Bonchev–Trinajstić information content (AvgIpc) is 3.02. The van der Waals surface area contributed by atoms with Crippen LogP contribution in [0, 0.1) is 0 Å². The molecule has 84 valence electrons. The summed E-state index contributed by atoms with van der Waals surface area (Å²) in [6, 6.07) is 4.91. The van der Waals surface area contributed by atoms with Gasteiger partial charge in [-0.15, -0.1) is 11.3 Å². The fourth-order valence-electron chi connectivity index (χ4n) is 1.45. The molecule has 0 amide bonds. The van der Waals surface area contributed by atoms with Crippen LogP contribution in [0.2, 0.25) is 0 Å². The molecule has 3 aromatic rings. The topological polar surface area (TPSA) is 71.8 Å². The molecular weight excluding hydrogens is 238 g/mol. The first kappa shape index (κ1) is 9.98. The summed E-state index contributed by atoms with van der Waals surface area (Å²) in [6.07, 6.45) is 3.21. The Hall–Kier alpha value is -2.21. The third-order valence-electron chi connectivity index (χ3n) is 2.15. The minimum Gasteiger partial charge on any atom is -0.463 e. The molecule has 0 aliphatic rings. The first-order chi connectivity index (χ1) is 8.33. The van der Waals surface area contributed by atoms with Crippen LogP contribution >= 0.6 is 11.3 Å². The summed E-state index contributed by atoms with van der Waals surface area (Å²) in [7, 11) is 0. The Morgan fingerprint density at radius 2 is 2.35 bits per heavy atom. The number of aromatic amines is 1. The Balaban J connectivity index is 2.17. The SMILES string of the molecule is O=c1cc(-c2ccco2)nc(-c2nccs2)[nH]1. The van der Waals surface area contributed by atoms with Crippen LogP contribution in [-0.2, 0) is 0 Å². The molecule has 0 saturated carbocycles. The van der Waals surface area contributed by atoms with Gasteiger partial charge in [0, 0.05) is 17.6 Å². The Kier molecular flexibility index (Phi) is 2.34. The number of thiazole rings is 1. The van der Waals surface area contributed by atoms with Gasteiger partial charge < -0.3 is 9.40 Å². The molecule has 0 unspecified atom stereocenters. The fraction of sp³-hybridized carbons (Fsp3) is 0. The molecule has 0 aliphatic heterocycles. The summed E-state index contributed by atoms with van der Waals surface area (Å²) in [6.45, 7) is 0. The maximum absolute atomic E-state index is 11.5. The molecule has 0 aliphatic carbocycles. The molecule has 6 heteroatoms. The fourth-order valence-corrected chi connectivity index (χ4v) is 2.03. The smallest absolute Gasteiger partial charge is 0.251 e. The molecule has 3 heterocycles. The zero-order valence-electron chi connectivity index (χ0n) is 8.58. The van der Waals surface area contributed by atoms with E-state index in [-0.39, 0.29) is 5.56 Å². The first-order valence-electron chi connectivity index (χ1n) is 4.88. The molecule has 0 bridgehead atoms. The predicted octanol–water partition coefficient (Wildman–Crippen LogP) is 2.15. The van der Waals surface area contributed by atoms with Gasteiger partial charge in [-0.2, -0.15) is 0 Å². The van der Waals surface area contributed by atoms with Crippen LogP contribution in [0.15, 0.2) is 45.3 Å². The minimum absolute atomic E-state index is 0.225. The summed E-state index contributed by atoms with van der Waals surface area (Å²) < 4.78 is 5.21. The third-order valence-corrected chi connectivity index (χ3v) is 2.93. The second-order valence-electron chi connectivity index (χ2n) is 3.29. The van der Waals surface area contributed by atoms with Crippen LogP contribution in [0.1, 0.15) is 0 Å². The zero-order chi connectivity index (χ0) is 11.7. The molecular formula is C11H7N3O2S. The Labute approximate surface area is 99.8 Å². The van der Waals surface area contributed by atoms with Crippen LogP contribution in [0.3, 0.4) is 0 Å². The lowest BCUT2D eigenvalue weighted by atomic mass is 10.3. The summed E-state index contributed by atoms with van der Waals surface area (Å²) in [4.78, 5) is 22.6. The number of nitrogens with one attached hydrogen (secondary N) is 1. The molecule has 1 N–H and O–H groups in total. The number of aromatic nitrogens is 3. The van der Waals surface area contributed by atoms with Gasteiger partial charge in [-0.25, -0.2) is 9.97 Å². The van der Waals surface area contributed by atoms with Gasteiger partial charge >= 0.3 is 0 Å². The van der Waals surface area contributed by atoms with Crippen molar-refractivity contribution in [3.63, 3.8) is 0 Å². The van der Waals surface area contributed by atoms with Crippen molar-refractivity contribution in [3.05, 3.63) is 46.4 Å². The first-order valence-corrected chi connectivity index (χ1v) is 5.76. The number of hydrogen-bond donors (Lipinski definition) is 1. The quantitative estimate of drug-likeness (QED) is 0.750. The van der Waals surface area contributed by atoms with Gasteiger partial charge in [0.25, 0.3) is 5.56 Å². The van der Waals surface area contributed by atoms with Crippen molar-refractivity contribution in [2.45, 2.75) is 0 Å². The highest BCUT2D eigenvalue weighted by Crippen LogP contribution is 2.20. The van der Waals surface area contributed by atoms with Crippen LogP contribution in [0.4, 0.5) is 0 Å². The van der Waals surface area contributed by atoms with E-state index in [0.29, 0.717) is 22.3 Å². The second kappa shape index (κ2) is 3.99. The van der Waals surface area contributed by atoms with E-state index < -0.39 is 0 Å². The predicted molar refractivity (Wildman–Crippen MR) is 63.7 cm³/mol. The van der Waals surface area contributed by atoms with Gasteiger partial charge in [0.15, 0.2) is 16.6 Å². The highest BCUT2D eigenvalue weighted by molar-refractivity contribution is 7.12. The molecule has 0 aromatic carbocycles. The lowest BCUT2D eigenvalue weighted by Crippen LogP contribution is -2.08. The monoisotopic (exact) mass is 245 g/mol. The van der Waals surface area contributed by atoms with E-state index in [2.05, 4.69) is 15.0 Å². The largest absolute Gasteiger partial charge is 0.463 e. The minimum atomic E-state index is -0.225. The Bertz CT molecular complexity index is 616. The van der Waals surface area contributed by atoms with Crippen molar-refractivity contribution in [1.29, 1.82) is 0 Å². The number of nitrogens with zero attached hydrogens (tertiary/aromatic N) is 2. The third kappa shape index (κ3) is 1.90. The molecule has 0 atom stereocenters. The van der Waals surface area contributed by atoms with Crippen LogP contribution in [0.25, 0.3) is 22.3 Å². The molecule has 0 spiro atoms. The van der Waals surface area contributed by atoms with Gasteiger partial charge in [-0.1, -0.05) is 0 Å². The Morgan fingerprint density at radius 1 is 1.41 bits per heavy atom. The van der Waals surface area contributed by atoms with Crippen molar-refractivity contribution in [2.75, 3.05) is 0 Å². The van der Waals surface area contributed by atoms with Gasteiger partial charge in [0.05, 0.1) is 6.26 Å². The van der Waals surface area contributed by atoms with E-state index in [1.165, 1.54) is 17.4 Å². The van der Waals surface area contributed by atoms with Crippen molar-refractivity contribution in [2.24, 2.45) is 0 Å². The summed E-state index contributed by atoms with van der Waals surface area (Å²) in [5.41, 5.74) is 0.278. The summed E-state index contributed by atoms with van der Waals surface area (Å²) in [5.74, 6) is 1.02. The van der Waals surface area contributed by atoms with Crippen molar-refractivity contribution in [3.8, 4) is 22.3 Å². The lowest BCUT2D eigenvalue weighted by Gasteiger charge is -1.98. The molecule has 0 saturated heterocycles. The maximum Gasteiger partial charge on any atom is 0.251 e. The van der Waals surface area contributed by atoms with E-state index >= 15 is 0 Å². The maximum atomic E-state index is 11.5. The molecule has 3 aromatic heterocycles. The second-order valence-corrected chi connectivity index (χ2v) is 4.19. The average molecular weight is 245 g/mol. The molecule has 0 fully saturated rings. The molecule has 3 rings (SSSR count). The zero-order valence-corrected chi connectivity index (χ0v) is 9.40. The number of rotatable bonds is 2. The van der Waals surface area contributed by atoms with Gasteiger partial charge in [0.2, 0.25) is 0 Å².